The summed E-state index contributed by atoms with van der Waals surface area (Å²) in [5.41, 5.74) is 1.17. The first-order chi connectivity index (χ1) is 9.15. The maximum Gasteiger partial charge on any atom is 0.107 e. The van der Waals surface area contributed by atoms with Crippen LogP contribution < -0.4 is 5.32 Å². The highest BCUT2D eigenvalue weighted by Crippen LogP contribution is 2.12. The van der Waals surface area contributed by atoms with Gasteiger partial charge in [0.2, 0.25) is 0 Å². The van der Waals surface area contributed by atoms with Crippen LogP contribution in [0.4, 0.5) is 0 Å². The molecule has 0 aliphatic rings. The predicted octanol–water partition coefficient (Wildman–Crippen LogP) is 2.50. The van der Waals surface area contributed by atoms with E-state index in [-0.39, 0.29) is 0 Å². The van der Waals surface area contributed by atoms with Gasteiger partial charge in [-0.15, -0.1) is 11.3 Å². The smallest absolute Gasteiger partial charge is 0.107 e. The van der Waals surface area contributed by atoms with E-state index in [0.29, 0.717) is 6.04 Å². The van der Waals surface area contributed by atoms with Crippen molar-refractivity contribution in [2.75, 3.05) is 26.3 Å². The summed E-state index contributed by atoms with van der Waals surface area (Å²) in [5.74, 6) is 0. The Hall–Kier alpha value is -0.490. The van der Waals surface area contributed by atoms with Crippen molar-refractivity contribution in [2.24, 2.45) is 0 Å². The van der Waals surface area contributed by atoms with E-state index < -0.39 is 0 Å². The second-order valence-electron chi connectivity index (χ2n) is 4.83. The van der Waals surface area contributed by atoms with Crippen molar-refractivity contribution < 1.29 is 4.74 Å². The SMILES string of the molecule is CCOCCN(CC)Cc1csc(CNC(C)C)n1. The molecular weight excluding hydrogens is 258 g/mol. The molecular formula is C14H27N3OS. The number of nitrogens with zero attached hydrogens (tertiary/aromatic N) is 2. The van der Waals surface area contributed by atoms with Crippen molar-refractivity contribution in [3.8, 4) is 0 Å². The zero-order valence-corrected chi connectivity index (χ0v) is 13.4. The second-order valence-corrected chi connectivity index (χ2v) is 5.78. The van der Waals surface area contributed by atoms with E-state index in [1.54, 1.807) is 11.3 Å². The average molecular weight is 285 g/mol. The Morgan fingerprint density at radius 3 is 2.84 bits per heavy atom. The molecule has 1 aromatic heterocycles. The lowest BCUT2D eigenvalue weighted by molar-refractivity contribution is 0.112. The van der Waals surface area contributed by atoms with Crippen LogP contribution in [0.25, 0.3) is 0 Å². The summed E-state index contributed by atoms with van der Waals surface area (Å²) >= 11 is 1.74. The molecule has 4 nitrogen and oxygen atoms in total. The van der Waals surface area contributed by atoms with Gasteiger partial charge in [0, 0.05) is 37.7 Å². The van der Waals surface area contributed by atoms with Gasteiger partial charge in [0.1, 0.15) is 5.01 Å². The van der Waals surface area contributed by atoms with Gasteiger partial charge >= 0.3 is 0 Å². The molecule has 1 N–H and O–H groups in total. The molecule has 0 atom stereocenters. The summed E-state index contributed by atoms with van der Waals surface area (Å²) in [6, 6.07) is 0.505. The molecule has 110 valence electrons. The van der Waals surface area contributed by atoms with Gasteiger partial charge in [-0.2, -0.15) is 0 Å². The topological polar surface area (TPSA) is 37.4 Å². The largest absolute Gasteiger partial charge is 0.380 e. The first-order valence-corrected chi connectivity index (χ1v) is 8.00. The molecule has 5 heteroatoms. The summed E-state index contributed by atoms with van der Waals surface area (Å²) in [4.78, 5) is 7.04. The normalized spacial score (nSPS) is 11.7. The summed E-state index contributed by atoms with van der Waals surface area (Å²) in [6.07, 6.45) is 0. The molecule has 0 saturated carbocycles. The highest BCUT2D eigenvalue weighted by molar-refractivity contribution is 7.09. The number of aromatic nitrogens is 1. The zero-order valence-electron chi connectivity index (χ0n) is 12.6. The maximum atomic E-state index is 5.40. The van der Waals surface area contributed by atoms with Crippen LogP contribution in [0.15, 0.2) is 5.38 Å². The number of nitrogens with one attached hydrogen (secondary N) is 1. The Morgan fingerprint density at radius 2 is 2.21 bits per heavy atom. The van der Waals surface area contributed by atoms with Crippen LogP contribution in [0.3, 0.4) is 0 Å². The van der Waals surface area contributed by atoms with E-state index in [4.69, 9.17) is 4.74 Å². The Bertz CT molecular complexity index is 341. The molecule has 0 saturated heterocycles. The number of rotatable bonds is 10. The van der Waals surface area contributed by atoms with Crippen molar-refractivity contribution in [3.05, 3.63) is 16.1 Å². The Balaban J connectivity index is 2.37. The highest BCUT2D eigenvalue weighted by atomic mass is 32.1. The molecule has 1 rings (SSSR count). The van der Waals surface area contributed by atoms with Crippen LogP contribution in [0, 0.1) is 0 Å². The summed E-state index contributed by atoms with van der Waals surface area (Å²) in [5, 5.41) is 6.74. The molecule has 0 fully saturated rings. The van der Waals surface area contributed by atoms with Crippen LogP contribution in [0.5, 0.6) is 0 Å². The maximum absolute atomic E-state index is 5.40. The van der Waals surface area contributed by atoms with Crippen LogP contribution in [0.1, 0.15) is 38.4 Å². The Kier molecular flexibility index (Phi) is 8.21. The minimum atomic E-state index is 0.505. The van der Waals surface area contributed by atoms with E-state index in [1.165, 1.54) is 10.7 Å². The van der Waals surface area contributed by atoms with Crippen LogP contribution in [0.2, 0.25) is 0 Å². The second kappa shape index (κ2) is 9.42. The summed E-state index contributed by atoms with van der Waals surface area (Å²) < 4.78 is 5.40. The molecule has 0 radical (unpaired) electrons. The molecule has 0 aliphatic heterocycles. The molecule has 0 aromatic carbocycles. The molecule has 0 aliphatic carbocycles. The van der Waals surface area contributed by atoms with E-state index in [0.717, 1.165) is 39.4 Å². The van der Waals surface area contributed by atoms with Gasteiger partial charge in [-0.1, -0.05) is 20.8 Å². The van der Waals surface area contributed by atoms with Gasteiger partial charge in [-0.05, 0) is 13.5 Å². The monoisotopic (exact) mass is 285 g/mol. The van der Waals surface area contributed by atoms with Gasteiger partial charge < -0.3 is 10.1 Å². The fourth-order valence-electron chi connectivity index (χ4n) is 1.71. The van der Waals surface area contributed by atoms with Gasteiger partial charge in [0.25, 0.3) is 0 Å². The third kappa shape index (κ3) is 7.01. The van der Waals surface area contributed by atoms with Crippen LogP contribution in [-0.4, -0.2) is 42.2 Å². The molecule has 0 unspecified atom stereocenters. The van der Waals surface area contributed by atoms with Gasteiger partial charge in [-0.3, -0.25) is 4.90 Å². The fraction of sp³-hybridized carbons (Fsp3) is 0.786. The van der Waals surface area contributed by atoms with E-state index >= 15 is 0 Å². The lowest BCUT2D eigenvalue weighted by Crippen LogP contribution is -2.27. The Labute approximate surface area is 121 Å². The molecule has 0 bridgehead atoms. The number of thiazole rings is 1. The number of hydrogen-bond donors (Lipinski definition) is 1. The fourth-order valence-corrected chi connectivity index (χ4v) is 2.45. The first kappa shape index (κ1) is 16.6. The standard InChI is InChI=1S/C14H27N3OS/c1-5-17(7-8-18-6-2)10-13-11-19-14(16-13)9-15-12(3)4/h11-12,15H,5-10H2,1-4H3. The molecule has 1 heterocycles. The average Bonchev–Trinajstić information content (AvgIpc) is 2.83. The van der Waals surface area contributed by atoms with Gasteiger partial charge in [0.15, 0.2) is 0 Å². The van der Waals surface area contributed by atoms with Crippen LogP contribution >= 0.6 is 11.3 Å². The van der Waals surface area contributed by atoms with E-state index in [2.05, 4.69) is 41.4 Å². The number of likely N-dealkylation sites (N-methyl/N-ethyl adjacent to an activating group) is 1. The van der Waals surface area contributed by atoms with Crippen LogP contribution in [-0.2, 0) is 17.8 Å². The summed E-state index contributed by atoms with van der Waals surface area (Å²) in [7, 11) is 0. The third-order valence-electron chi connectivity index (χ3n) is 2.85. The first-order valence-electron chi connectivity index (χ1n) is 7.12. The third-order valence-corrected chi connectivity index (χ3v) is 3.75. The quantitative estimate of drug-likeness (QED) is 0.670. The lowest BCUT2D eigenvalue weighted by atomic mass is 10.4. The van der Waals surface area contributed by atoms with Crippen molar-refractivity contribution >= 4 is 11.3 Å². The number of ether oxygens (including phenoxy) is 1. The van der Waals surface area contributed by atoms with E-state index in [1.807, 2.05) is 6.92 Å². The predicted molar refractivity (Wildman–Crippen MR) is 81.5 cm³/mol. The molecule has 0 amide bonds. The van der Waals surface area contributed by atoms with Crippen molar-refractivity contribution in [3.63, 3.8) is 0 Å². The minimum Gasteiger partial charge on any atom is -0.380 e. The number of hydrogen-bond acceptors (Lipinski definition) is 5. The highest BCUT2D eigenvalue weighted by Gasteiger charge is 2.07. The van der Waals surface area contributed by atoms with Gasteiger partial charge in [-0.25, -0.2) is 4.98 Å². The molecule has 0 spiro atoms. The van der Waals surface area contributed by atoms with Gasteiger partial charge in [0.05, 0.1) is 12.3 Å². The molecule has 19 heavy (non-hydrogen) atoms. The van der Waals surface area contributed by atoms with Crippen molar-refractivity contribution in [1.29, 1.82) is 0 Å². The molecule has 1 aromatic rings. The summed E-state index contributed by atoms with van der Waals surface area (Å²) in [6.45, 7) is 13.9. The lowest BCUT2D eigenvalue weighted by Gasteiger charge is -2.18. The van der Waals surface area contributed by atoms with E-state index in [9.17, 15) is 0 Å². The van der Waals surface area contributed by atoms with Crippen molar-refractivity contribution in [2.45, 2.75) is 46.8 Å². The minimum absolute atomic E-state index is 0.505. The van der Waals surface area contributed by atoms with Crippen molar-refractivity contribution in [1.82, 2.24) is 15.2 Å². The Morgan fingerprint density at radius 1 is 1.42 bits per heavy atom. The zero-order chi connectivity index (χ0) is 14.1.